The van der Waals surface area contributed by atoms with E-state index in [-0.39, 0.29) is 12.1 Å². The summed E-state index contributed by atoms with van der Waals surface area (Å²) in [6.45, 7) is 5.64. The lowest BCUT2D eigenvalue weighted by Gasteiger charge is -2.38. The molecule has 0 aliphatic heterocycles. The molecule has 1 amide bonds. The number of methoxy groups -OCH3 is 1. The minimum absolute atomic E-state index is 0.264. The van der Waals surface area contributed by atoms with E-state index in [0.29, 0.717) is 12.0 Å². The minimum atomic E-state index is -0.420. The first-order valence-electron chi connectivity index (χ1n) is 6.41. The van der Waals surface area contributed by atoms with Gasteiger partial charge in [-0.2, -0.15) is 0 Å². The molecule has 0 aromatic rings. The monoisotopic (exact) mass is 241 g/mol. The van der Waals surface area contributed by atoms with Gasteiger partial charge in [0.2, 0.25) is 0 Å². The Balaban J connectivity index is 1.77. The molecule has 0 radical (unpaired) electrons. The van der Waals surface area contributed by atoms with Gasteiger partial charge in [-0.25, -0.2) is 4.79 Å². The number of hydrogen-bond acceptors (Lipinski definition) is 3. The van der Waals surface area contributed by atoms with Crippen molar-refractivity contribution in [2.75, 3.05) is 7.11 Å². The average Bonchev–Trinajstić information content (AvgIpc) is 2.43. The second kappa shape index (κ2) is 4.48. The number of rotatable bonds is 2. The van der Waals surface area contributed by atoms with Crippen molar-refractivity contribution in [2.45, 2.75) is 57.8 Å². The molecule has 0 bridgehead atoms. The van der Waals surface area contributed by atoms with Crippen molar-refractivity contribution in [1.82, 2.24) is 5.32 Å². The van der Waals surface area contributed by atoms with Crippen LogP contribution in [0.2, 0.25) is 0 Å². The highest BCUT2D eigenvalue weighted by molar-refractivity contribution is 5.68. The van der Waals surface area contributed by atoms with E-state index in [0.717, 1.165) is 25.2 Å². The second-order valence-electron chi connectivity index (χ2n) is 6.25. The van der Waals surface area contributed by atoms with Crippen molar-refractivity contribution in [2.24, 2.45) is 11.8 Å². The van der Waals surface area contributed by atoms with Crippen LogP contribution in [0.1, 0.15) is 40.0 Å². The quantitative estimate of drug-likeness (QED) is 0.807. The Labute approximate surface area is 103 Å². The largest absolute Gasteiger partial charge is 0.444 e. The van der Waals surface area contributed by atoms with Crippen LogP contribution in [0, 0.1) is 11.8 Å². The zero-order chi connectivity index (χ0) is 12.6. The highest BCUT2D eigenvalue weighted by Crippen LogP contribution is 2.48. The van der Waals surface area contributed by atoms with Crippen LogP contribution in [0.4, 0.5) is 4.79 Å². The summed E-state index contributed by atoms with van der Waals surface area (Å²) < 4.78 is 10.7. The molecule has 2 fully saturated rings. The Morgan fingerprint density at radius 3 is 2.53 bits per heavy atom. The SMILES string of the molecule is COC1C[C@@H]2CC(NC(=O)OC(C)(C)C)C[C@H]12. The molecule has 0 spiro atoms. The Bertz CT molecular complexity index is 298. The van der Waals surface area contributed by atoms with E-state index < -0.39 is 5.60 Å². The van der Waals surface area contributed by atoms with Crippen molar-refractivity contribution in [1.29, 1.82) is 0 Å². The van der Waals surface area contributed by atoms with E-state index in [2.05, 4.69) is 5.32 Å². The Hall–Kier alpha value is -0.770. The van der Waals surface area contributed by atoms with E-state index in [1.807, 2.05) is 20.8 Å². The molecule has 0 heterocycles. The van der Waals surface area contributed by atoms with E-state index in [1.54, 1.807) is 7.11 Å². The molecule has 0 aromatic heterocycles. The fourth-order valence-electron chi connectivity index (χ4n) is 3.02. The van der Waals surface area contributed by atoms with E-state index in [4.69, 9.17) is 9.47 Å². The van der Waals surface area contributed by atoms with Gasteiger partial charge in [-0.3, -0.25) is 0 Å². The lowest BCUT2D eigenvalue weighted by atomic mass is 9.73. The number of hydrogen-bond donors (Lipinski definition) is 1. The van der Waals surface area contributed by atoms with E-state index in [1.165, 1.54) is 0 Å². The standard InChI is InChI=1S/C13H23NO3/c1-13(2,3)17-12(15)14-9-5-8-6-11(16-4)10(8)7-9/h8-11H,5-7H2,1-4H3,(H,14,15)/t8-,9?,10-,11?/m0/s1. The number of carbonyl (C=O) groups excluding carboxylic acids is 1. The fraction of sp³-hybridized carbons (Fsp3) is 0.923. The highest BCUT2D eigenvalue weighted by atomic mass is 16.6. The van der Waals surface area contributed by atoms with Gasteiger partial charge in [0.05, 0.1) is 6.10 Å². The van der Waals surface area contributed by atoms with Crippen molar-refractivity contribution < 1.29 is 14.3 Å². The van der Waals surface area contributed by atoms with E-state index in [9.17, 15) is 4.79 Å². The summed E-state index contributed by atoms with van der Waals surface area (Å²) in [5, 5.41) is 2.96. The van der Waals surface area contributed by atoms with Gasteiger partial charge < -0.3 is 14.8 Å². The number of nitrogens with one attached hydrogen (secondary N) is 1. The van der Waals surface area contributed by atoms with Gasteiger partial charge in [0.25, 0.3) is 0 Å². The van der Waals surface area contributed by atoms with Crippen LogP contribution >= 0.6 is 0 Å². The maximum Gasteiger partial charge on any atom is 0.407 e. The fourth-order valence-corrected chi connectivity index (χ4v) is 3.02. The molecule has 4 nitrogen and oxygen atoms in total. The van der Waals surface area contributed by atoms with Crippen molar-refractivity contribution in [3.05, 3.63) is 0 Å². The summed E-state index contributed by atoms with van der Waals surface area (Å²) in [5.41, 5.74) is -0.420. The maximum absolute atomic E-state index is 11.6. The Kier molecular flexibility index (Phi) is 3.34. The van der Waals surface area contributed by atoms with Gasteiger partial charge in [-0.1, -0.05) is 0 Å². The van der Waals surface area contributed by atoms with Gasteiger partial charge in [0, 0.05) is 13.2 Å². The third-order valence-electron chi connectivity index (χ3n) is 3.79. The molecule has 2 rings (SSSR count). The number of alkyl carbamates (subject to hydrolysis) is 1. The van der Waals surface area contributed by atoms with Crippen molar-refractivity contribution in [3.63, 3.8) is 0 Å². The van der Waals surface area contributed by atoms with Crippen LogP contribution in [-0.4, -0.2) is 30.9 Å². The molecule has 4 atom stereocenters. The second-order valence-corrected chi connectivity index (χ2v) is 6.25. The molecule has 98 valence electrons. The molecular formula is C13H23NO3. The van der Waals surface area contributed by atoms with Gasteiger partial charge in [-0.05, 0) is 51.9 Å². The first-order valence-corrected chi connectivity index (χ1v) is 6.41. The first-order chi connectivity index (χ1) is 7.89. The third-order valence-corrected chi connectivity index (χ3v) is 3.79. The summed E-state index contributed by atoms with van der Waals surface area (Å²) in [4.78, 5) is 11.6. The molecule has 2 aliphatic carbocycles. The van der Waals surface area contributed by atoms with Crippen LogP contribution in [0.5, 0.6) is 0 Å². The lowest BCUT2D eigenvalue weighted by Crippen LogP contribution is -2.39. The molecule has 2 saturated carbocycles. The summed E-state index contributed by atoms with van der Waals surface area (Å²) in [6.07, 6.45) is 3.36. The minimum Gasteiger partial charge on any atom is -0.444 e. The van der Waals surface area contributed by atoms with Gasteiger partial charge in [-0.15, -0.1) is 0 Å². The number of fused-ring (bicyclic) bond motifs is 1. The number of carbonyl (C=O) groups is 1. The van der Waals surface area contributed by atoms with Gasteiger partial charge in [0.1, 0.15) is 5.60 Å². The molecule has 0 saturated heterocycles. The summed E-state index contributed by atoms with van der Waals surface area (Å²) in [7, 11) is 1.77. The summed E-state index contributed by atoms with van der Waals surface area (Å²) in [5.74, 6) is 1.37. The molecular weight excluding hydrogens is 218 g/mol. The van der Waals surface area contributed by atoms with Gasteiger partial charge >= 0.3 is 6.09 Å². The van der Waals surface area contributed by atoms with E-state index >= 15 is 0 Å². The zero-order valence-electron chi connectivity index (χ0n) is 11.2. The highest BCUT2D eigenvalue weighted by Gasteiger charge is 2.48. The maximum atomic E-state index is 11.6. The molecule has 1 N–H and O–H groups in total. The summed E-state index contributed by atoms with van der Waals surface area (Å²) >= 11 is 0. The number of ether oxygens (including phenoxy) is 2. The molecule has 4 heteroatoms. The van der Waals surface area contributed by atoms with Crippen molar-refractivity contribution >= 4 is 6.09 Å². The lowest BCUT2D eigenvalue weighted by molar-refractivity contribution is -0.0477. The van der Waals surface area contributed by atoms with Crippen LogP contribution in [0.3, 0.4) is 0 Å². The first kappa shape index (κ1) is 12.7. The summed E-state index contributed by atoms with van der Waals surface area (Å²) in [6, 6.07) is 0.264. The zero-order valence-corrected chi connectivity index (χ0v) is 11.2. The van der Waals surface area contributed by atoms with Crippen LogP contribution in [-0.2, 0) is 9.47 Å². The molecule has 2 aliphatic rings. The van der Waals surface area contributed by atoms with Crippen LogP contribution < -0.4 is 5.32 Å². The predicted octanol–water partition coefficient (Wildman–Crippen LogP) is 2.32. The molecule has 0 aromatic carbocycles. The molecule has 17 heavy (non-hydrogen) atoms. The van der Waals surface area contributed by atoms with Crippen molar-refractivity contribution in [3.8, 4) is 0 Å². The average molecular weight is 241 g/mol. The Morgan fingerprint density at radius 2 is 1.94 bits per heavy atom. The number of amides is 1. The molecule has 2 unspecified atom stereocenters. The topological polar surface area (TPSA) is 47.6 Å². The smallest absolute Gasteiger partial charge is 0.407 e. The van der Waals surface area contributed by atoms with Gasteiger partial charge in [0.15, 0.2) is 0 Å². The third kappa shape index (κ3) is 2.92. The Morgan fingerprint density at radius 1 is 1.24 bits per heavy atom. The van der Waals surface area contributed by atoms with Crippen LogP contribution in [0.25, 0.3) is 0 Å². The predicted molar refractivity (Wildman–Crippen MR) is 64.8 cm³/mol. The van der Waals surface area contributed by atoms with Crippen LogP contribution in [0.15, 0.2) is 0 Å². The normalized spacial score (nSPS) is 36.0.